The zero-order chi connectivity index (χ0) is 16.7. The van der Waals surface area contributed by atoms with Gasteiger partial charge in [-0.2, -0.15) is 10.5 Å². The molecule has 0 radical (unpaired) electrons. The van der Waals surface area contributed by atoms with Gasteiger partial charge in [0.1, 0.15) is 17.8 Å². The summed E-state index contributed by atoms with van der Waals surface area (Å²) in [7, 11) is 0. The van der Waals surface area contributed by atoms with Crippen molar-refractivity contribution >= 4 is 29.6 Å². The van der Waals surface area contributed by atoms with Crippen LogP contribution >= 0.6 is 23.4 Å². The van der Waals surface area contributed by atoms with E-state index in [9.17, 15) is 0 Å². The highest BCUT2D eigenvalue weighted by molar-refractivity contribution is 7.99. The van der Waals surface area contributed by atoms with E-state index in [0.717, 1.165) is 15.4 Å². The fourth-order valence-corrected chi connectivity index (χ4v) is 2.69. The number of benzene rings is 2. The lowest BCUT2D eigenvalue weighted by Crippen LogP contribution is -1.97. The first kappa shape index (κ1) is 16.6. The number of rotatable bonds is 4. The fraction of sp³-hybridized carbons (Fsp3) is 0. The van der Waals surface area contributed by atoms with Gasteiger partial charge in [-0.3, -0.25) is 0 Å². The summed E-state index contributed by atoms with van der Waals surface area (Å²) in [4.78, 5) is 6.01. The molecule has 0 aromatic heterocycles. The Labute approximate surface area is 143 Å². The summed E-state index contributed by atoms with van der Waals surface area (Å²) >= 11 is 7.44. The molecule has 23 heavy (non-hydrogen) atoms. The average Bonchev–Trinajstić information content (AvgIpc) is 2.58. The average molecular weight is 339 g/mol. The summed E-state index contributed by atoms with van der Waals surface area (Å²) in [5, 5.41) is 18.4. The first-order valence-corrected chi connectivity index (χ1v) is 7.70. The second-order valence-electron chi connectivity index (χ2n) is 4.34. The number of hydrogen-bond acceptors (Lipinski definition) is 5. The first-order valence-electron chi connectivity index (χ1n) is 6.50. The zero-order valence-corrected chi connectivity index (χ0v) is 13.5. The minimum atomic E-state index is -0.202. The van der Waals surface area contributed by atoms with E-state index in [2.05, 4.69) is 4.99 Å². The van der Waals surface area contributed by atoms with Crippen molar-refractivity contribution in [1.82, 2.24) is 0 Å². The summed E-state index contributed by atoms with van der Waals surface area (Å²) in [5.41, 5.74) is 5.96. The summed E-state index contributed by atoms with van der Waals surface area (Å²) in [6, 6.07) is 18.6. The van der Waals surface area contributed by atoms with Crippen LogP contribution in [-0.4, -0.2) is 6.21 Å². The number of nitrogens with two attached hydrogens (primary N) is 1. The van der Waals surface area contributed by atoms with Gasteiger partial charge in [0.15, 0.2) is 5.70 Å². The third-order valence-electron chi connectivity index (χ3n) is 2.77. The maximum Gasteiger partial charge on any atom is 0.174 e. The van der Waals surface area contributed by atoms with Gasteiger partial charge in [0.05, 0.1) is 0 Å². The third kappa shape index (κ3) is 4.62. The molecule has 0 saturated carbocycles. The van der Waals surface area contributed by atoms with Crippen molar-refractivity contribution in [2.24, 2.45) is 10.7 Å². The van der Waals surface area contributed by atoms with Gasteiger partial charge in [-0.25, -0.2) is 4.99 Å². The summed E-state index contributed by atoms with van der Waals surface area (Å²) < 4.78 is 0. The van der Waals surface area contributed by atoms with Crippen molar-refractivity contribution in [3.05, 3.63) is 70.5 Å². The highest BCUT2D eigenvalue weighted by Crippen LogP contribution is 2.30. The van der Waals surface area contributed by atoms with Crippen molar-refractivity contribution in [1.29, 1.82) is 10.5 Å². The normalized spacial score (nSPS) is 11.6. The third-order valence-corrected chi connectivity index (χ3v) is 4.13. The molecule has 0 unspecified atom stereocenters. The van der Waals surface area contributed by atoms with Crippen LogP contribution in [0.2, 0.25) is 5.02 Å². The van der Waals surface area contributed by atoms with Crippen LogP contribution in [0.3, 0.4) is 0 Å². The second kappa shape index (κ2) is 8.05. The van der Waals surface area contributed by atoms with E-state index in [0.29, 0.717) is 5.02 Å². The predicted octanol–water partition coefficient (Wildman–Crippen LogP) is 4.13. The van der Waals surface area contributed by atoms with Crippen molar-refractivity contribution in [2.45, 2.75) is 9.79 Å². The molecule has 2 N–H and O–H groups in total. The predicted molar refractivity (Wildman–Crippen MR) is 92.1 cm³/mol. The topological polar surface area (TPSA) is 86.0 Å². The van der Waals surface area contributed by atoms with E-state index in [1.807, 2.05) is 54.6 Å². The van der Waals surface area contributed by atoms with Crippen molar-refractivity contribution in [2.75, 3.05) is 0 Å². The maximum atomic E-state index is 8.97. The smallest absolute Gasteiger partial charge is 0.174 e. The molecule has 0 aliphatic rings. The van der Waals surface area contributed by atoms with Gasteiger partial charge in [0.2, 0.25) is 0 Å². The van der Waals surface area contributed by atoms with E-state index in [1.54, 1.807) is 17.8 Å². The van der Waals surface area contributed by atoms with Crippen molar-refractivity contribution in [3.8, 4) is 12.1 Å². The molecule has 4 nitrogen and oxygen atoms in total. The van der Waals surface area contributed by atoms with Crippen molar-refractivity contribution < 1.29 is 0 Å². The molecule has 0 heterocycles. The Bertz CT molecular complexity index is 842. The van der Waals surface area contributed by atoms with E-state index in [1.165, 1.54) is 6.21 Å². The Balaban J connectivity index is 2.30. The molecule has 0 atom stereocenters. The van der Waals surface area contributed by atoms with E-state index in [4.69, 9.17) is 27.9 Å². The van der Waals surface area contributed by atoms with Crippen molar-refractivity contribution in [3.63, 3.8) is 0 Å². The quantitative estimate of drug-likeness (QED) is 0.670. The lowest BCUT2D eigenvalue weighted by molar-refractivity contribution is 1.27. The summed E-state index contributed by atoms with van der Waals surface area (Å²) in [6.07, 6.45) is 1.53. The van der Waals surface area contributed by atoms with Crippen LogP contribution in [-0.2, 0) is 0 Å². The SMILES string of the molecule is N#C/C(N)=C(/C#N)N=Cc1ccccc1Sc1ccc(Cl)cc1. The van der Waals surface area contributed by atoms with E-state index >= 15 is 0 Å². The molecule has 0 spiro atoms. The number of nitrogens with zero attached hydrogens (tertiary/aromatic N) is 3. The minimum Gasteiger partial charge on any atom is -0.388 e. The van der Waals surface area contributed by atoms with Crippen LogP contribution in [0.4, 0.5) is 0 Å². The number of halogens is 1. The molecule has 2 rings (SSSR count). The highest BCUT2D eigenvalue weighted by atomic mass is 35.5. The minimum absolute atomic E-state index is 0.0983. The van der Waals surface area contributed by atoms with Gasteiger partial charge in [0, 0.05) is 26.6 Å². The molecule has 0 aliphatic carbocycles. The standard InChI is InChI=1S/C17H11ClN4S/c18-13-5-7-14(8-6-13)23-17-4-2-1-3-12(17)11-22-16(10-20)15(21)9-19/h1-8,11H,21H2/b16-15+,22-11?. The van der Waals surface area contributed by atoms with Crippen LogP contribution in [0.1, 0.15) is 5.56 Å². The molecule has 0 saturated heterocycles. The molecular formula is C17H11ClN4S. The zero-order valence-electron chi connectivity index (χ0n) is 11.9. The number of aliphatic imine (C=N–C) groups is 1. The molecule has 0 amide bonds. The second-order valence-corrected chi connectivity index (χ2v) is 5.89. The highest BCUT2D eigenvalue weighted by Gasteiger charge is 2.04. The first-order chi connectivity index (χ1) is 11.1. The largest absolute Gasteiger partial charge is 0.388 e. The van der Waals surface area contributed by atoms with Gasteiger partial charge >= 0.3 is 0 Å². The van der Waals surface area contributed by atoms with Crippen LogP contribution in [0, 0.1) is 22.7 Å². The Morgan fingerprint density at radius 3 is 2.43 bits per heavy atom. The van der Waals surface area contributed by atoms with Crippen LogP contribution < -0.4 is 5.73 Å². The van der Waals surface area contributed by atoms with Gasteiger partial charge < -0.3 is 5.73 Å². The molecule has 0 bridgehead atoms. The summed E-state index contributed by atoms with van der Waals surface area (Å²) in [5.74, 6) is 0. The molecule has 0 fully saturated rings. The van der Waals surface area contributed by atoms with Gasteiger partial charge in [-0.05, 0) is 30.3 Å². The lowest BCUT2D eigenvalue weighted by Gasteiger charge is -2.05. The van der Waals surface area contributed by atoms with Gasteiger partial charge in [0.25, 0.3) is 0 Å². The van der Waals surface area contributed by atoms with Crippen LogP contribution in [0.25, 0.3) is 0 Å². The molecule has 2 aromatic carbocycles. The Hall–Kier alpha value is -2.73. The van der Waals surface area contributed by atoms with Crippen LogP contribution in [0.5, 0.6) is 0 Å². The number of nitriles is 2. The van der Waals surface area contributed by atoms with Gasteiger partial charge in [-0.15, -0.1) is 0 Å². The fourth-order valence-electron chi connectivity index (χ4n) is 1.66. The van der Waals surface area contributed by atoms with E-state index < -0.39 is 0 Å². The molecular weight excluding hydrogens is 328 g/mol. The Kier molecular flexibility index (Phi) is 5.82. The molecule has 0 aliphatic heterocycles. The van der Waals surface area contributed by atoms with Gasteiger partial charge in [-0.1, -0.05) is 41.6 Å². The number of allylic oxidation sites excluding steroid dienone is 2. The molecule has 112 valence electrons. The molecule has 6 heteroatoms. The maximum absolute atomic E-state index is 8.97. The van der Waals surface area contributed by atoms with E-state index in [-0.39, 0.29) is 11.4 Å². The van der Waals surface area contributed by atoms with Crippen LogP contribution in [0.15, 0.2) is 74.7 Å². The lowest BCUT2D eigenvalue weighted by atomic mass is 10.2. The molecule has 2 aromatic rings. The Morgan fingerprint density at radius 2 is 1.78 bits per heavy atom. The monoisotopic (exact) mass is 338 g/mol. The summed E-state index contributed by atoms with van der Waals surface area (Å²) in [6.45, 7) is 0. The Morgan fingerprint density at radius 1 is 1.09 bits per heavy atom. The number of hydrogen-bond donors (Lipinski definition) is 1.